The van der Waals surface area contributed by atoms with Gasteiger partial charge in [-0.1, -0.05) is 35.0 Å². The quantitative estimate of drug-likeness (QED) is 0.841. The van der Waals surface area contributed by atoms with E-state index in [9.17, 15) is 4.39 Å². The average Bonchev–Trinajstić information content (AvgIpc) is 2.93. The van der Waals surface area contributed by atoms with Crippen molar-refractivity contribution >= 4 is 27.3 Å². The van der Waals surface area contributed by atoms with Crippen LogP contribution in [0.1, 0.15) is 23.4 Å². The van der Waals surface area contributed by atoms with Crippen LogP contribution in [-0.4, -0.2) is 18.0 Å². The van der Waals surface area contributed by atoms with Crippen LogP contribution in [0.2, 0.25) is 0 Å². The van der Waals surface area contributed by atoms with Crippen molar-refractivity contribution < 1.29 is 4.39 Å². The van der Waals surface area contributed by atoms with E-state index in [2.05, 4.69) is 45.3 Å². The van der Waals surface area contributed by atoms with Gasteiger partial charge in [-0.05, 0) is 35.7 Å². The van der Waals surface area contributed by atoms with E-state index in [4.69, 9.17) is 5.73 Å². The lowest BCUT2D eigenvalue weighted by Crippen LogP contribution is -2.33. The van der Waals surface area contributed by atoms with Gasteiger partial charge in [0.15, 0.2) is 0 Å². The Balaban J connectivity index is 2.24. The summed E-state index contributed by atoms with van der Waals surface area (Å²) < 4.78 is 14.0. The minimum Gasteiger partial charge on any atom is -0.329 e. The number of benzene rings is 1. The van der Waals surface area contributed by atoms with Gasteiger partial charge in [0, 0.05) is 28.5 Å². The third kappa shape index (κ3) is 3.67. The van der Waals surface area contributed by atoms with Crippen molar-refractivity contribution in [2.45, 2.75) is 19.5 Å². The molecule has 0 spiro atoms. The van der Waals surface area contributed by atoms with E-state index in [-0.39, 0.29) is 11.9 Å². The molecule has 5 heteroatoms. The van der Waals surface area contributed by atoms with Crippen LogP contribution in [0.3, 0.4) is 0 Å². The Morgan fingerprint density at radius 1 is 1.40 bits per heavy atom. The van der Waals surface area contributed by atoms with Gasteiger partial charge in [-0.2, -0.15) is 0 Å². The second-order valence-electron chi connectivity index (χ2n) is 4.56. The Morgan fingerprint density at radius 3 is 2.75 bits per heavy atom. The summed E-state index contributed by atoms with van der Waals surface area (Å²) in [7, 11) is 0. The third-order valence-electron chi connectivity index (χ3n) is 3.33. The van der Waals surface area contributed by atoms with Crippen LogP contribution in [0.25, 0.3) is 0 Å². The van der Waals surface area contributed by atoms with E-state index in [1.54, 1.807) is 11.3 Å². The Hall–Kier alpha value is -0.750. The van der Waals surface area contributed by atoms with Crippen LogP contribution >= 0.6 is 27.3 Å². The normalized spacial score (nSPS) is 12.8. The molecule has 1 aromatic heterocycles. The SMILES string of the molecule is CCN(Cc1cccs1)C(CN)c1ccc(F)cc1Br. The summed E-state index contributed by atoms with van der Waals surface area (Å²) in [6.07, 6.45) is 0. The molecule has 1 unspecified atom stereocenters. The molecule has 2 rings (SSSR count). The minimum absolute atomic E-state index is 0.0806. The summed E-state index contributed by atoms with van der Waals surface area (Å²) in [6.45, 7) is 4.38. The first-order valence-corrected chi connectivity index (χ1v) is 8.24. The van der Waals surface area contributed by atoms with Crippen LogP contribution in [0.15, 0.2) is 40.2 Å². The molecule has 0 aliphatic heterocycles. The van der Waals surface area contributed by atoms with Crippen molar-refractivity contribution in [3.8, 4) is 0 Å². The zero-order valence-corrected chi connectivity index (χ0v) is 13.8. The molecule has 0 fully saturated rings. The van der Waals surface area contributed by atoms with Crippen LogP contribution in [0.4, 0.5) is 4.39 Å². The lowest BCUT2D eigenvalue weighted by atomic mass is 10.0. The van der Waals surface area contributed by atoms with E-state index >= 15 is 0 Å². The summed E-state index contributed by atoms with van der Waals surface area (Å²) in [6, 6.07) is 9.06. The summed E-state index contributed by atoms with van der Waals surface area (Å²) in [4.78, 5) is 3.62. The van der Waals surface area contributed by atoms with Crippen molar-refractivity contribution in [1.29, 1.82) is 0 Å². The number of nitrogens with two attached hydrogens (primary N) is 1. The molecular formula is C15H18BrFN2S. The zero-order valence-electron chi connectivity index (χ0n) is 11.4. The molecule has 0 bridgehead atoms. The fourth-order valence-electron chi connectivity index (χ4n) is 2.29. The van der Waals surface area contributed by atoms with Gasteiger partial charge in [-0.25, -0.2) is 4.39 Å². The minimum atomic E-state index is -0.238. The Bertz CT molecular complexity index is 545. The molecule has 20 heavy (non-hydrogen) atoms. The maximum atomic E-state index is 13.2. The summed E-state index contributed by atoms with van der Waals surface area (Å²) >= 11 is 5.19. The highest BCUT2D eigenvalue weighted by molar-refractivity contribution is 9.10. The topological polar surface area (TPSA) is 29.3 Å². The Morgan fingerprint density at radius 2 is 2.20 bits per heavy atom. The molecule has 0 saturated carbocycles. The molecule has 0 amide bonds. The smallest absolute Gasteiger partial charge is 0.124 e. The standard InChI is InChI=1S/C15H18BrFN2S/c1-2-19(10-12-4-3-7-20-12)15(9-18)13-6-5-11(17)8-14(13)16/h3-8,15H,2,9-10,18H2,1H3. The second kappa shape index (κ2) is 7.31. The lowest BCUT2D eigenvalue weighted by Gasteiger charge is -2.30. The van der Waals surface area contributed by atoms with Crippen LogP contribution in [0, 0.1) is 5.82 Å². The predicted molar refractivity (Wildman–Crippen MR) is 86.3 cm³/mol. The molecule has 1 aromatic carbocycles. The molecule has 108 valence electrons. The first-order chi connectivity index (χ1) is 9.65. The van der Waals surface area contributed by atoms with Gasteiger partial charge < -0.3 is 5.73 Å². The molecule has 2 nitrogen and oxygen atoms in total. The Labute approximate surface area is 131 Å². The lowest BCUT2D eigenvalue weighted by molar-refractivity contribution is 0.204. The van der Waals surface area contributed by atoms with Gasteiger partial charge in [-0.15, -0.1) is 11.3 Å². The van der Waals surface area contributed by atoms with Gasteiger partial charge in [0.05, 0.1) is 0 Å². The largest absolute Gasteiger partial charge is 0.329 e. The molecule has 0 saturated heterocycles. The van der Waals surface area contributed by atoms with Crippen molar-refractivity contribution in [2.75, 3.05) is 13.1 Å². The molecule has 2 N–H and O–H groups in total. The van der Waals surface area contributed by atoms with E-state index < -0.39 is 0 Å². The summed E-state index contributed by atoms with van der Waals surface area (Å²) in [5, 5.41) is 2.08. The van der Waals surface area contributed by atoms with Gasteiger partial charge in [0.25, 0.3) is 0 Å². The van der Waals surface area contributed by atoms with E-state index in [1.807, 2.05) is 6.07 Å². The second-order valence-corrected chi connectivity index (χ2v) is 6.45. The summed E-state index contributed by atoms with van der Waals surface area (Å²) in [5.74, 6) is -0.238. The van der Waals surface area contributed by atoms with Crippen molar-refractivity contribution in [1.82, 2.24) is 4.90 Å². The molecule has 2 aromatic rings. The van der Waals surface area contributed by atoms with Gasteiger partial charge in [-0.3, -0.25) is 4.90 Å². The first kappa shape index (κ1) is 15.6. The molecule has 0 aliphatic carbocycles. The Kier molecular flexibility index (Phi) is 5.72. The number of nitrogens with zero attached hydrogens (tertiary/aromatic N) is 1. The van der Waals surface area contributed by atoms with Crippen molar-refractivity contribution in [3.63, 3.8) is 0 Å². The van der Waals surface area contributed by atoms with Crippen LogP contribution in [-0.2, 0) is 6.54 Å². The number of halogens is 2. The number of rotatable bonds is 6. The molecule has 0 radical (unpaired) electrons. The van der Waals surface area contributed by atoms with E-state index in [0.717, 1.165) is 23.1 Å². The van der Waals surface area contributed by atoms with Crippen molar-refractivity contribution in [3.05, 3.63) is 56.4 Å². The first-order valence-electron chi connectivity index (χ1n) is 6.57. The van der Waals surface area contributed by atoms with Crippen LogP contribution < -0.4 is 5.73 Å². The van der Waals surface area contributed by atoms with Gasteiger partial charge >= 0.3 is 0 Å². The van der Waals surface area contributed by atoms with Crippen molar-refractivity contribution in [2.24, 2.45) is 5.73 Å². The van der Waals surface area contributed by atoms with E-state index in [0.29, 0.717) is 6.54 Å². The van der Waals surface area contributed by atoms with Gasteiger partial charge in [0.1, 0.15) is 5.82 Å². The number of hydrogen-bond donors (Lipinski definition) is 1. The van der Waals surface area contributed by atoms with Gasteiger partial charge in [0.2, 0.25) is 0 Å². The average molecular weight is 357 g/mol. The molecular weight excluding hydrogens is 339 g/mol. The highest BCUT2D eigenvalue weighted by Crippen LogP contribution is 2.29. The third-order valence-corrected chi connectivity index (χ3v) is 4.88. The number of likely N-dealkylation sites (N-methyl/N-ethyl adjacent to an activating group) is 1. The van der Waals surface area contributed by atoms with Crippen LogP contribution in [0.5, 0.6) is 0 Å². The maximum Gasteiger partial charge on any atom is 0.124 e. The molecule has 1 heterocycles. The molecule has 1 atom stereocenters. The fraction of sp³-hybridized carbons (Fsp3) is 0.333. The maximum absolute atomic E-state index is 13.2. The number of thiophene rings is 1. The summed E-state index contributed by atoms with van der Waals surface area (Å²) in [5.41, 5.74) is 7.00. The molecule has 0 aliphatic rings. The number of hydrogen-bond acceptors (Lipinski definition) is 3. The predicted octanol–water partition coefficient (Wildman–Crippen LogP) is 4.17. The fourth-order valence-corrected chi connectivity index (χ4v) is 3.63. The monoisotopic (exact) mass is 356 g/mol. The highest BCUT2D eigenvalue weighted by Gasteiger charge is 2.20. The zero-order chi connectivity index (χ0) is 14.5. The van der Waals surface area contributed by atoms with E-state index in [1.165, 1.54) is 17.0 Å². The highest BCUT2D eigenvalue weighted by atomic mass is 79.9.